The molecule has 1 N–H and O–H groups in total. The molecule has 1 saturated heterocycles. The van der Waals surface area contributed by atoms with Crippen LogP contribution in [-0.2, 0) is 0 Å². The first-order valence-electron chi connectivity index (χ1n) is 7.89. The Hall–Kier alpha value is -1.66. The topological polar surface area (TPSA) is 58.1 Å². The summed E-state index contributed by atoms with van der Waals surface area (Å²) in [4.78, 5) is 23.3. The van der Waals surface area contributed by atoms with Crippen LogP contribution in [0.3, 0.4) is 0 Å². The first-order valence-corrected chi connectivity index (χ1v) is 9.06. The van der Waals surface area contributed by atoms with Gasteiger partial charge in [0.05, 0.1) is 17.3 Å². The third-order valence-corrected chi connectivity index (χ3v) is 5.05. The van der Waals surface area contributed by atoms with Crippen molar-refractivity contribution in [3.8, 4) is 0 Å². The van der Waals surface area contributed by atoms with Gasteiger partial charge >= 0.3 is 0 Å². The zero-order chi connectivity index (χ0) is 17.1. The number of rotatable bonds is 4. The molecule has 1 aliphatic rings. The normalized spacial score (nSPS) is 15.4. The van der Waals surface area contributed by atoms with Crippen LogP contribution in [-0.4, -0.2) is 29.0 Å². The molecule has 1 aliphatic heterocycles. The first-order chi connectivity index (χ1) is 11.6. The highest BCUT2D eigenvalue weighted by Gasteiger charge is 2.21. The van der Waals surface area contributed by atoms with E-state index in [1.807, 2.05) is 31.2 Å². The van der Waals surface area contributed by atoms with Crippen LogP contribution in [0.2, 0.25) is 5.02 Å². The Morgan fingerprint density at radius 1 is 1.33 bits per heavy atom. The number of benzene rings is 1. The number of halogens is 2. The van der Waals surface area contributed by atoms with Crippen LogP contribution in [0, 0.1) is 0 Å². The molecule has 5 nitrogen and oxygen atoms in total. The maximum absolute atomic E-state index is 12.6. The fourth-order valence-electron chi connectivity index (χ4n) is 2.76. The molecule has 1 fully saturated rings. The van der Waals surface area contributed by atoms with Crippen molar-refractivity contribution < 1.29 is 4.79 Å². The Balaban J connectivity index is 1.79. The molecule has 0 spiro atoms. The minimum absolute atomic E-state index is 0.172. The summed E-state index contributed by atoms with van der Waals surface area (Å²) in [6, 6.07) is 7.61. The third kappa shape index (κ3) is 3.70. The molecule has 0 saturated carbocycles. The zero-order valence-corrected chi connectivity index (χ0v) is 15.6. The van der Waals surface area contributed by atoms with Crippen molar-refractivity contribution in [1.82, 2.24) is 15.3 Å². The molecular formula is C17H18BrClN4O. The SMILES string of the molecule is CC(NC(=O)c1nc(N2CCCC2)ncc1Cl)c1ccccc1Br. The lowest BCUT2D eigenvalue weighted by Gasteiger charge is -2.18. The molecule has 1 aromatic carbocycles. The molecule has 1 amide bonds. The Labute approximate surface area is 154 Å². The van der Waals surface area contributed by atoms with Gasteiger partial charge in [-0.2, -0.15) is 0 Å². The number of carbonyl (C=O) groups is 1. The Morgan fingerprint density at radius 2 is 2.04 bits per heavy atom. The van der Waals surface area contributed by atoms with Gasteiger partial charge in [0, 0.05) is 17.6 Å². The van der Waals surface area contributed by atoms with E-state index >= 15 is 0 Å². The first kappa shape index (κ1) is 17.2. The minimum atomic E-state index is -0.300. The van der Waals surface area contributed by atoms with Gasteiger partial charge in [-0.3, -0.25) is 4.79 Å². The standard InChI is InChI=1S/C17H18BrClN4O/c1-11(12-6-2-3-7-13(12)18)21-16(24)15-14(19)10-20-17(22-15)23-8-4-5-9-23/h2-3,6-7,10-11H,4-5,8-9H2,1H3,(H,21,24). The van der Waals surface area contributed by atoms with E-state index in [0.29, 0.717) is 5.95 Å². The zero-order valence-electron chi connectivity index (χ0n) is 13.3. The summed E-state index contributed by atoms with van der Waals surface area (Å²) in [5, 5.41) is 3.21. The average molecular weight is 410 g/mol. The van der Waals surface area contributed by atoms with Crippen LogP contribution in [0.15, 0.2) is 34.9 Å². The van der Waals surface area contributed by atoms with Crippen molar-refractivity contribution in [2.45, 2.75) is 25.8 Å². The lowest BCUT2D eigenvalue weighted by atomic mass is 10.1. The minimum Gasteiger partial charge on any atom is -0.344 e. The molecule has 24 heavy (non-hydrogen) atoms. The van der Waals surface area contributed by atoms with Crippen LogP contribution >= 0.6 is 27.5 Å². The summed E-state index contributed by atoms with van der Waals surface area (Å²) in [6.07, 6.45) is 3.74. The second kappa shape index (κ2) is 7.49. The predicted molar refractivity (Wildman–Crippen MR) is 98.5 cm³/mol. The highest BCUT2D eigenvalue weighted by atomic mass is 79.9. The van der Waals surface area contributed by atoms with Crippen molar-refractivity contribution in [1.29, 1.82) is 0 Å². The molecule has 0 radical (unpaired) electrons. The largest absolute Gasteiger partial charge is 0.344 e. The number of hydrogen-bond donors (Lipinski definition) is 1. The average Bonchev–Trinajstić information content (AvgIpc) is 3.10. The van der Waals surface area contributed by atoms with Gasteiger partial charge in [0.15, 0.2) is 5.69 Å². The van der Waals surface area contributed by atoms with E-state index in [9.17, 15) is 4.79 Å². The van der Waals surface area contributed by atoms with Gasteiger partial charge in [0.2, 0.25) is 5.95 Å². The number of carbonyl (C=O) groups excluding carboxylic acids is 1. The fourth-order valence-corrected chi connectivity index (χ4v) is 3.56. The summed E-state index contributed by atoms with van der Waals surface area (Å²) in [5.41, 5.74) is 1.21. The van der Waals surface area contributed by atoms with E-state index in [2.05, 4.69) is 36.1 Å². The molecule has 0 aliphatic carbocycles. The molecule has 2 heterocycles. The van der Waals surface area contributed by atoms with Gasteiger partial charge in [-0.25, -0.2) is 9.97 Å². The van der Waals surface area contributed by atoms with Crippen LogP contribution in [0.1, 0.15) is 41.9 Å². The predicted octanol–water partition coefficient (Wildman–Crippen LogP) is 3.98. The van der Waals surface area contributed by atoms with E-state index < -0.39 is 0 Å². The van der Waals surface area contributed by atoms with Crippen molar-refractivity contribution in [2.75, 3.05) is 18.0 Å². The van der Waals surface area contributed by atoms with Crippen molar-refractivity contribution in [2.24, 2.45) is 0 Å². The Bertz CT molecular complexity index is 749. The number of nitrogens with zero attached hydrogens (tertiary/aromatic N) is 3. The fraction of sp³-hybridized carbons (Fsp3) is 0.353. The molecule has 1 aromatic heterocycles. The summed E-state index contributed by atoms with van der Waals surface area (Å²) in [7, 11) is 0. The maximum atomic E-state index is 12.6. The highest BCUT2D eigenvalue weighted by molar-refractivity contribution is 9.10. The number of aromatic nitrogens is 2. The second-order valence-electron chi connectivity index (χ2n) is 5.78. The Morgan fingerprint density at radius 3 is 2.75 bits per heavy atom. The number of anilines is 1. The summed E-state index contributed by atoms with van der Waals surface area (Å²) in [5.74, 6) is 0.265. The third-order valence-electron chi connectivity index (χ3n) is 4.05. The van der Waals surface area contributed by atoms with E-state index in [1.165, 1.54) is 6.20 Å². The lowest BCUT2D eigenvalue weighted by Crippen LogP contribution is -2.29. The number of hydrogen-bond acceptors (Lipinski definition) is 4. The quantitative estimate of drug-likeness (QED) is 0.830. The molecule has 7 heteroatoms. The van der Waals surface area contributed by atoms with Crippen molar-refractivity contribution >= 4 is 39.4 Å². The van der Waals surface area contributed by atoms with Crippen LogP contribution < -0.4 is 10.2 Å². The van der Waals surface area contributed by atoms with E-state index in [1.54, 1.807) is 0 Å². The molecule has 1 unspecified atom stereocenters. The Kier molecular flexibility index (Phi) is 5.36. The highest BCUT2D eigenvalue weighted by Crippen LogP contribution is 2.24. The molecular weight excluding hydrogens is 392 g/mol. The van der Waals surface area contributed by atoms with Crippen LogP contribution in [0.5, 0.6) is 0 Å². The van der Waals surface area contributed by atoms with Gasteiger partial charge in [0.25, 0.3) is 5.91 Å². The van der Waals surface area contributed by atoms with Gasteiger partial charge in [-0.05, 0) is 31.4 Å². The van der Waals surface area contributed by atoms with Gasteiger partial charge in [-0.15, -0.1) is 0 Å². The van der Waals surface area contributed by atoms with Gasteiger partial charge < -0.3 is 10.2 Å². The van der Waals surface area contributed by atoms with Crippen molar-refractivity contribution in [3.63, 3.8) is 0 Å². The van der Waals surface area contributed by atoms with E-state index in [4.69, 9.17) is 11.6 Å². The summed E-state index contributed by atoms with van der Waals surface area (Å²) in [6.45, 7) is 3.75. The lowest BCUT2D eigenvalue weighted by molar-refractivity contribution is 0.0935. The molecule has 0 bridgehead atoms. The maximum Gasteiger partial charge on any atom is 0.272 e. The van der Waals surface area contributed by atoms with Crippen LogP contribution in [0.4, 0.5) is 5.95 Å². The number of nitrogens with one attached hydrogen (secondary N) is 1. The monoisotopic (exact) mass is 408 g/mol. The van der Waals surface area contributed by atoms with Gasteiger partial charge in [-0.1, -0.05) is 45.7 Å². The van der Waals surface area contributed by atoms with Crippen LogP contribution in [0.25, 0.3) is 0 Å². The smallest absolute Gasteiger partial charge is 0.272 e. The summed E-state index contributed by atoms with van der Waals surface area (Å²) < 4.78 is 0.948. The molecule has 2 aromatic rings. The molecule has 126 valence electrons. The van der Waals surface area contributed by atoms with Crippen molar-refractivity contribution in [3.05, 3.63) is 51.2 Å². The summed E-state index contributed by atoms with van der Waals surface area (Å²) >= 11 is 9.65. The number of amides is 1. The second-order valence-corrected chi connectivity index (χ2v) is 7.04. The van der Waals surface area contributed by atoms with E-state index in [0.717, 1.165) is 36.0 Å². The molecule has 3 rings (SSSR count). The molecule has 1 atom stereocenters. The van der Waals surface area contributed by atoms with Gasteiger partial charge in [0.1, 0.15) is 0 Å². The van der Waals surface area contributed by atoms with E-state index in [-0.39, 0.29) is 22.7 Å².